The smallest absolute Gasteiger partial charge is 0.237 e. The van der Waals surface area contributed by atoms with E-state index in [-0.39, 0.29) is 11.9 Å². The van der Waals surface area contributed by atoms with Crippen molar-refractivity contribution in [3.05, 3.63) is 17.7 Å². The fourth-order valence-electron chi connectivity index (χ4n) is 2.55. The highest BCUT2D eigenvalue weighted by Gasteiger charge is 2.26. The summed E-state index contributed by atoms with van der Waals surface area (Å²) in [6.07, 6.45) is 0. The Balaban J connectivity index is 1.81. The molecule has 20 heavy (non-hydrogen) atoms. The zero-order chi connectivity index (χ0) is 14.1. The van der Waals surface area contributed by atoms with Gasteiger partial charge in [0.1, 0.15) is 13.2 Å². The summed E-state index contributed by atoms with van der Waals surface area (Å²) in [6, 6.07) is 3.58. The number of fused-ring (bicyclic) bond motifs is 1. The van der Waals surface area contributed by atoms with Gasteiger partial charge >= 0.3 is 0 Å². The molecule has 2 heterocycles. The number of nitrogens with one attached hydrogen (secondary N) is 1. The van der Waals surface area contributed by atoms with E-state index in [1.54, 1.807) is 6.07 Å². The molecule has 3 rings (SSSR count). The molecule has 1 fully saturated rings. The number of carbonyl (C=O) groups is 1. The summed E-state index contributed by atoms with van der Waals surface area (Å²) < 4.78 is 11.1. The van der Waals surface area contributed by atoms with Gasteiger partial charge in [0.2, 0.25) is 5.91 Å². The first kappa shape index (κ1) is 13.1. The SMILES string of the molecule is CC1C(=O)NCCN1Cc1cc2c(cc1N)OCCO2. The second kappa shape index (κ2) is 5.20. The zero-order valence-electron chi connectivity index (χ0n) is 11.5. The molecule has 2 aliphatic heterocycles. The average Bonchev–Trinajstić information content (AvgIpc) is 2.44. The van der Waals surface area contributed by atoms with Gasteiger partial charge in [0, 0.05) is 31.4 Å². The lowest BCUT2D eigenvalue weighted by molar-refractivity contribution is -0.128. The largest absolute Gasteiger partial charge is 0.486 e. The Morgan fingerprint density at radius 1 is 1.35 bits per heavy atom. The predicted molar refractivity (Wildman–Crippen MR) is 74.7 cm³/mol. The van der Waals surface area contributed by atoms with Crippen LogP contribution in [0.1, 0.15) is 12.5 Å². The minimum Gasteiger partial charge on any atom is -0.486 e. The van der Waals surface area contributed by atoms with Crippen LogP contribution in [0.2, 0.25) is 0 Å². The number of amides is 1. The summed E-state index contributed by atoms with van der Waals surface area (Å²) in [6.45, 7) is 5.14. The molecule has 1 saturated heterocycles. The number of piperazine rings is 1. The standard InChI is InChI=1S/C14H19N3O3/c1-9-14(18)16-2-3-17(9)8-10-6-12-13(7-11(10)15)20-5-4-19-12/h6-7,9H,2-5,8,15H2,1H3,(H,16,18). The third-order valence-corrected chi connectivity index (χ3v) is 3.80. The van der Waals surface area contributed by atoms with E-state index in [2.05, 4.69) is 10.2 Å². The van der Waals surface area contributed by atoms with E-state index in [0.29, 0.717) is 37.7 Å². The van der Waals surface area contributed by atoms with Crippen LogP contribution < -0.4 is 20.5 Å². The number of nitrogens with two attached hydrogens (primary N) is 1. The van der Waals surface area contributed by atoms with Crippen molar-refractivity contribution < 1.29 is 14.3 Å². The van der Waals surface area contributed by atoms with Gasteiger partial charge in [-0.1, -0.05) is 0 Å². The van der Waals surface area contributed by atoms with Gasteiger partial charge in [-0.05, 0) is 18.6 Å². The van der Waals surface area contributed by atoms with Crippen molar-refractivity contribution in [1.82, 2.24) is 10.2 Å². The Hall–Kier alpha value is -1.95. The molecule has 0 spiro atoms. The lowest BCUT2D eigenvalue weighted by atomic mass is 10.1. The third kappa shape index (κ3) is 2.38. The van der Waals surface area contributed by atoms with Crippen LogP contribution in [-0.4, -0.2) is 43.2 Å². The molecule has 1 aromatic rings. The molecule has 6 heteroatoms. The van der Waals surface area contributed by atoms with Crippen LogP contribution in [0.4, 0.5) is 5.69 Å². The van der Waals surface area contributed by atoms with Gasteiger partial charge in [-0.15, -0.1) is 0 Å². The molecule has 1 unspecified atom stereocenters. The van der Waals surface area contributed by atoms with Crippen LogP contribution >= 0.6 is 0 Å². The molecule has 0 bridgehead atoms. The number of rotatable bonds is 2. The van der Waals surface area contributed by atoms with Crippen LogP contribution in [-0.2, 0) is 11.3 Å². The van der Waals surface area contributed by atoms with Gasteiger partial charge in [-0.3, -0.25) is 9.69 Å². The van der Waals surface area contributed by atoms with Crippen molar-refractivity contribution in [2.45, 2.75) is 19.5 Å². The maximum Gasteiger partial charge on any atom is 0.237 e. The van der Waals surface area contributed by atoms with Gasteiger partial charge in [0.15, 0.2) is 11.5 Å². The second-order valence-electron chi connectivity index (χ2n) is 5.13. The number of hydrogen-bond donors (Lipinski definition) is 2. The lowest BCUT2D eigenvalue weighted by Crippen LogP contribution is -2.53. The first-order chi connectivity index (χ1) is 9.65. The second-order valence-corrected chi connectivity index (χ2v) is 5.13. The van der Waals surface area contributed by atoms with Crippen molar-refractivity contribution in [3.8, 4) is 11.5 Å². The summed E-state index contributed by atoms with van der Waals surface area (Å²) in [7, 11) is 0. The van der Waals surface area contributed by atoms with Gasteiger partial charge in [0.25, 0.3) is 0 Å². The number of nitrogen functional groups attached to an aromatic ring is 1. The molecule has 3 N–H and O–H groups in total. The highest BCUT2D eigenvalue weighted by atomic mass is 16.6. The maximum atomic E-state index is 11.7. The van der Waals surface area contributed by atoms with Gasteiger partial charge in [-0.2, -0.15) is 0 Å². The summed E-state index contributed by atoms with van der Waals surface area (Å²) >= 11 is 0. The van der Waals surface area contributed by atoms with E-state index in [0.717, 1.165) is 17.9 Å². The highest BCUT2D eigenvalue weighted by molar-refractivity contribution is 5.82. The molecule has 0 aromatic heterocycles. The van der Waals surface area contributed by atoms with Crippen molar-refractivity contribution in [2.24, 2.45) is 0 Å². The van der Waals surface area contributed by atoms with E-state index in [4.69, 9.17) is 15.2 Å². The fraction of sp³-hybridized carbons (Fsp3) is 0.500. The molecule has 1 amide bonds. The monoisotopic (exact) mass is 277 g/mol. The van der Waals surface area contributed by atoms with E-state index < -0.39 is 0 Å². The van der Waals surface area contributed by atoms with E-state index in [1.807, 2.05) is 13.0 Å². The van der Waals surface area contributed by atoms with E-state index in [9.17, 15) is 4.79 Å². The Morgan fingerprint density at radius 2 is 2.05 bits per heavy atom. The fourth-order valence-corrected chi connectivity index (χ4v) is 2.55. The van der Waals surface area contributed by atoms with Gasteiger partial charge < -0.3 is 20.5 Å². The number of ether oxygens (including phenoxy) is 2. The Labute approximate surface area is 117 Å². The number of hydrogen-bond acceptors (Lipinski definition) is 5. The average molecular weight is 277 g/mol. The van der Waals surface area contributed by atoms with Crippen LogP contribution in [0, 0.1) is 0 Å². The summed E-state index contributed by atoms with van der Waals surface area (Å²) in [5, 5.41) is 2.86. The minimum atomic E-state index is -0.142. The minimum absolute atomic E-state index is 0.0624. The normalized spacial score (nSPS) is 22.4. The topological polar surface area (TPSA) is 76.8 Å². The molecule has 1 atom stereocenters. The van der Waals surface area contributed by atoms with Gasteiger partial charge in [0.05, 0.1) is 6.04 Å². The highest BCUT2D eigenvalue weighted by Crippen LogP contribution is 2.35. The van der Waals surface area contributed by atoms with Gasteiger partial charge in [-0.25, -0.2) is 0 Å². The van der Waals surface area contributed by atoms with Crippen molar-refractivity contribution in [2.75, 3.05) is 32.0 Å². The van der Waals surface area contributed by atoms with Crippen molar-refractivity contribution in [1.29, 1.82) is 0 Å². The predicted octanol–water partition coefficient (Wildman–Crippen LogP) is 0.360. The number of benzene rings is 1. The van der Waals surface area contributed by atoms with Crippen molar-refractivity contribution in [3.63, 3.8) is 0 Å². The van der Waals surface area contributed by atoms with E-state index in [1.165, 1.54) is 0 Å². The third-order valence-electron chi connectivity index (χ3n) is 3.80. The summed E-state index contributed by atoms with van der Waals surface area (Å²) in [5.74, 6) is 1.49. The number of anilines is 1. The zero-order valence-corrected chi connectivity index (χ0v) is 11.5. The molecule has 0 aliphatic carbocycles. The lowest BCUT2D eigenvalue weighted by Gasteiger charge is -2.33. The molecule has 1 aromatic carbocycles. The Bertz CT molecular complexity index is 533. The maximum absolute atomic E-state index is 11.7. The summed E-state index contributed by atoms with van der Waals surface area (Å²) in [5.41, 5.74) is 7.72. The summed E-state index contributed by atoms with van der Waals surface area (Å²) in [4.78, 5) is 13.8. The van der Waals surface area contributed by atoms with Crippen LogP contribution in [0.15, 0.2) is 12.1 Å². The Morgan fingerprint density at radius 3 is 2.80 bits per heavy atom. The first-order valence-corrected chi connectivity index (χ1v) is 6.85. The molecule has 2 aliphatic rings. The van der Waals surface area contributed by atoms with Crippen molar-refractivity contribution >= 4 is 11.6 Å². The molecule has 6 nitrogen and oxygen atoms in total. The number of nitrogens with zero attached hydrogens (tertiary/aromatic N) is 1. The molecule has 0 radical (unpaired) electrons. The number of carbonyl (C=O) groups excluding carboxylic acids is 1. The quantitative estimate of drug-likeness (QED) is 0.763. The molecular weight excluding hydrogens is 258 g/mol. The molecule has 108 valence electrons. The molecule has 0 saturated carbocycles. The van der Waals surface area contributed by atoms with E-state index >= 15 is 0 Å². The molecular formula is C14H19N3O3. The first-order valence-electron chi connectivity index (χ1n) is 6.85. The van der Waals surface area contributed by atoms with Crippen LogP contribution in [0.3, 0.4) is 0 Å². The van der Waals surface area contributed by atoms with Crippen LogP contribution in [0.5, 0.6) is 11.5 Å². The van der Waals surface area contributed by atoms with Crippen LogP contribution in [0.25, 0.3) is 0 Å². The Kier molecular flexibility index (Phi) is 3.40.